The van der Waals surface area contributed by atoms with E-state index >= 15 is 0 Å². The Morgan fingerprint density at radius 1 is 1.31 bits per heavy atom. The van der Waals surface area contributed by atoms with Crippen LogP contribution >= 0.6 is 0 Å². The third-order valence-electron chi connectivity index (χ3n) is 1.83. The monoisotopic (exact) mass is 289 g/mol. The van der Waals surface area contributed by atoms with E-state index < -0.39 is 0 Å². The van der Waals surface area contributed by atoms with Gasteiger partial charge in [0.25, 0.3) is 0 Å². The third-order valence-corrected chi connectivity index (χ3v) is 1.83. The van der Waals surface area contributed by atoms with Gasteiger partial charge in [0.2, 0.25) is 0 Å². The van der Waals surface area contributed by atoms with Crippen molar-refractivity contribution in [1.29, 1.82) is 0 Å². The molecule has 0 fully saturated rings. The van der Waals surface area contributed by atoms with Crippen molar-refractivity contribution in [3.05, 3.63) is 41.0 Å². The number of hydrogen-bond donors (Lipinski definition) is 0. The zero-order valence-corrected chi connectivity index (χ0v) is 11.2. The molecule has 0 amide bonds. The minimum atomic E-state index is 0. The van der Waals surface area contributed by atoms with Crippen LogP contribution in [-0.4, -0.2) is 0 Å². The van der Waals surface area contributed by atoms with Gasteiger partial charge in [-0.2, -0.15) is 0 Å². The van der Waals surface area contributed by atoms with Crippen LogP contribution in [0.2, 0.25) is 0 Å². The first-order valence-electron chi connectivity index (χ1n) is 3.54. The van der Waals surface area contributed by atoms with Gasteiger partial charge in [-0.05, 0) is 0 Å². The van der Waals surface area contributed by atoms with Crippen molar-refractivity contribution in [3.63, 3.8) is 0 Å². The zero-order chi connectivity index (χ0) is 6.97. The number of aryl methyl sites for hydroxylation is 1. The van der Waals surface area contributed by atoms with Gasteiger partial charge in [-0.1, -0.05) is 13.3 Å². The van der Waals surface area contributed by atoms with E-state index in [0.717, 1.165) is 6.42 Å². The maximum Gasteiger partial charge on any atom is 3.00 e. The summed E-state index contributed by atoms with van der Waals surface area (Å²) in [4.78, 5) is 0. The van der Waals surface area contributed by atoms with E-state index in [2.05, 4.69) is 31.2 Å². The van der Waals surface area contributed by atoms with Crippen molar-refractivity contribution in [3.8, 4) is 0 Å². The van der Waals surface area contributed by atoms with Gasteiger partial charge in [0, 0.05) is 0 Å². The summed E-state index contributed by atoms with van der Waals surface area (Å²) in [6.07, 6.45) is 5.41. The summed E-state index contributed by atoms with van der Waals surface area (Å²) in [6.45, 7) is 2.11. The first-order valence-corrected chi connectivity index (χ1v) is 3.54. The van der Waals surface area contributed by atoms with E-state index in [0.29, 0.717) is 0 Å². The minimum absolute atomic E-state index is 0. The van der Waals surface area contributed by atoms with Crippen molar-refractivity contribution in [1.82, 2.24) is 0 Å². The molecule has 1 aliphatic rings. The molecule has 67 valence electrons. The Kier molecular flexibility index (Phi) is 8.32. The van der Waals surface area contributed by atoms with Crippen LogP contribution in [-0.2, 0) is 32.6 Å². The number of allylic oxidation sites excluding steroid dienone is 1. The molecule has 0 unspecified atom stereocenters. The van der Waals surface area contributed by atoms with Crippen molar-refractivity contribution in [2.24, 2.45) is 0 Å². The fraction of sp³-hybridized carbons (Fsp3) is 0.200. The smallest absolute Gasteiger partial charge is 1.00 e. The fourth-order valence-electron chi connectivity index (χ4n) is 1.31. The molecular formula is C10H9Cl2Zr. The molecule has 0 saturated carbocycles. The maximum atomic E-state index is 3.23. The molecule has 3 heteroatoms. The Balaban J connectivity index is 0. The topological polar surface area (TPSA) is 0 Å². The van der Waals surface area contributed by atoms with Crippen LogP contribution in [0, 0.1) is 13.0 Å². The van der Waals surface area contributed by atoms with Crippen LogP contribution in [0.3, 0.4) is 0 Å². The van der Waals surface area contributed by atoms with Crippen molar-refractivity contribution < 1.29 is 51.0 Å². The predicted octanol–water partition coefficient (Wildman–Crippen LogP) is -3.63. The summed E-state index contributed by atoms with van der Waals surface area (Å²) in [5, 5.41) is 0. The molecule has 1 radical (unpaired) electrons. The number of fused-ring (bicyclic) bond motifs is 1. The van der Waals surface area contributed by atoms with Gasteiger partial charge in [-0.15, -0.1) is 47.0 Å². The van der Waals surface area contributed by atoms with Crippen LogP contribution in [0.15, 0.2) is 18.2 Å². The molecule has 0 atom stereocenters. The molecule has 0 saturated heterocycles. The third kappa shape index (κ3) is 3.58. The molecule has 0 bridgehead atoms. The van der Waals surface area contributed by atoms with Gasteiger partial charge in [-0.25, -0.2) is 0 Å². The minimum Gasteiger partial charge on any atom is -1.00 e. The predicted molar refractivity (Wildman–Crippen MR) is 42.8 cm³/mol. The summed E-state index contributed by atoms with van der Waals surface area (Å²) in [6, 6.07) is 7.49. The molecule has 1 aliphatic carbocycles. The zero-order valence-electron chi connectivity index (χ0n) is 7.27. The van der Waals surface area contributed by atoms with Gasteiger partial charge < -0.3 is 24.8 Å². The van der Waals surface area contributed by atoms with E-state index in [1.807, 2.05) is 6.07 Å². The SMILES string of the molecule is Cc1c[c-]c2c(c1)CC=C2.[Cl-].[Cl-].[Zr+3]. The Labute approximate surface area is 111 Å². The van der Waals surface area contributed by atoms with Gasteiger partial charge in [-0.3, -0.25) is 0 Å². The standard InChI is InChI=1S/C10H9.2ClH.Zr/c1-8-5-6-9-3-2-4-10(9)7-8;;;/h2-3,5,7H,4H2,1H3;2*1H;/q-1;;;+3/p-2. The Bertz CT molecular complexity index is 295. The first-order chi connectivity index (χ1) is 4.86. The molecule has 13 heavy (non-hydrogen) atoms. The van der Waals surface area contributed by atoms with Crippen molar-refractivity contribution in [2.75, 3.05) is 0 Å². The van der Waals surface area contributed by atoms with Crippen LogP contribution in [0.25, 0.3) is 6.08 Å². The normalized spacial score (nSPS) is 10.5. The Morgan fingerprint density at radius 2 is 2.00 bits per heavy atom. The van der Waals surface area contributed by atoms with Crippen LogP contribution in [0.5, 0.6) is 0 Å². The second kappa shape index (κ2) is 6.81. The maximum absolute atomic E-state index is 3.23. The number of hydrogen-bond acceptors (Lipinski definition) is 0. The molecule has 0 N–H and O–H groups in total. The first kappa shape index (κ1) is 15.9. The molecular weight excluding hydrogens is 282 g/mol. The van der Waals surface area contributed by atoms with E-state index in [4.69, 9.17) is 0 Å². The van der Waals surface area contributed by atoms with Crippen LogP contribution < -0.4 is 24.8 Å². The molecule has 1 aromatic rings. The van der Waals surface area contributed by atoms with E-state index in [1.165, 1.54) is 16.7 Å². The number of rotatable bonds is 0. The van der Waals surface area contributed by atoms with E-state index in [9.17, 15) is 0 Å². The molecule has 0 aliphatic heterocycles. The molecule has 0 spiro atoms. The molecule has 0 aromatic heterocycles. The van der Waals surface area contributed by atoms with Gasteiger partial charge in [0.1, 0.15) is 0 Å². The van der Waals surface area contributed by atoms with E-state index in [1.54, 1.807) is 0 Å². The van der Waals surface area contributed by atoms with Crippen LogP contribution in [0.1, 0.15) is 16.7 Å². The second-order valence-corrected chi connectivity index (χ2v) is 2.72. The van der Waals surface area contributed by atoms with Crippen molar-refractivity contribution in [2.45, 2.75) is 13.3 Å². The Hall–Kier alpha value is 0.423. The average molecular weight is 291 g/mol. The number of halogens is 2. The molecule has 2 rings (SSSR count). The molecule has 0 heterocycles. The number of benzene rings is 1. The van der Waals surface area contributed by atoms with E-state index in [-0.39, 0.29) is 51.0 Å². The summed E-state index contributed by atoms with van der Waals surface area (Å²) in [5.74, 6) is 0. The quantitative estimate of drug-likeness (QED) is 0.433. The summed E-state index contributed by atoms with van der Waals surface area (Å²) < 4.78 is 0. The summed E-state index contributed by atoms with van der Waals surface area (Å²) in [7, 11) is 0. The van der Waals surface area contributed by atoms with Gasteiger partial charge >= 0.3 is 26.2 Å². The molecule has 0 nitrogen and oxygen atoms in total. The summed E-state index contributed by atoms with van der Waals surface area (Å²) in [5.41, 5.74) is 3.99. The van der Waals surface area contributed by atoms with Crippen LogP contribution in [0.4, 0.5) is 0 Å². The van der Waals surface area contributed by atoms with Gasteiger partial charge in [0.05, 0.1) is 0 Å². The van der Waals surface area contributed by atoms with Crippen molar-refractivity contribution >= 4 is 6.08 Å². The second-order valence-electron chi connectivity index (χ2n) is 2.72. The van der Waals surface area contributed by atoms with Gasteiger partial charge in [0.15, 0.2) is 0 Å². The average Bonchev–Trinajstić information content (AvgIpc) is 2.33. The Morgan fingerprint density at radius 3 is 2.69 bits per heavy atom. The summed E-state index contributed by atoms with van der Waals surface area (Å²) >= 11 is 0. The fourth-order valence-corrected chi connectivity index (χ4v) is 1.31. The molecule has 1 aromatic carbocycles. The largest absolute Gasteiger partial charge is 3.00 e.